The van der Waals surface area contributed by atoms with E-state index in [1.165, 1.54) is 11.3 Å². The number of carbonyl (C=O) groups excluding carboxylic acids is 1. The van der Waals surface area contributed by atoms with Gasteiger partial charge in [-0.15, -0.1) is 11.3 Å². The van der Waals surface area contributed by atoms with Crippen LogP contribution in [-0.4, -0.2) is 5.78 Å². The van der Waals surface area contributed by atoms with Crippen LogP contribution in [0.4, 0.5) is 0 Å². The molecule has 0 N–H and O–H groups in total. The molecule has 0 unspecified atom stereocenters. The quantitative estimate of drug-likeness (QED) is 0.414. The molecule has 0 radical (unpaired) electrons. The van der Waals surface area contributed by atoms with E-state index in [2.05, 4.69) is 0 Å². The van der Waals surface area contributed by atoms with Gasteiger partial charge in [0.1, 0.15) is 5.58 Å². The summed E-state index contributed by atoms with van der Waals surface area (Å²) in [5.41, 5.74) is 0.846. The normalized spacial score (nSPS) is 11.1. The summed E-state index contributed by atoms with van der Waals surface area (Å²) in [7, 11) is 0. The first kappa shape index (κ1) is 13.9. The maximum Gasteiger partial charge on any atom is 0.345 e. The van der Waals surface area contributed by atoms with Crippen molar-refractivity contribution in [1.82, 2.24) is 0 Å². The molecule has 0 aliphatic heterocycles. The van der Waals surface area contributed by atoms with Crippen LogP contribution < -0.4 is 5.63 Å². The molecule has 0 fully saturated rings. The third-order valence-corrected chi connectivity index (χ3v) is 4.85. The molecule has 23 heavy (non-hydrogen) atoms. The lowest BCUT2D eigenvalue weighted by molar-refractivity contribution is 0.0994. The molecule has 0 aliphatic carbocycles. The number of carbonyl (C=O) groups is 1. The number of benzene rings is 2. The van der Waals surface area contributed by atoms with Crippen LogP contribution in [0.2, 0.25) is 0 Å². The molecule has 3 nitrogen and oxygen atoms in total. The summed E-state index contributed by atoms with van der Waals surface area (Å²) < 4.78 is 5.40. The van der Waals surface area contributed by atoms with Gasteiger partial charge in [-0.3, -0.25) is 4.79 Å². The van der Waals surface area contributed by atoms with E-state index in [1.54, 1.807) is 18.2 Å². The van der Waals surface area contributed by atoms with Crippen molar-refractivity contribution in [1.29, 1.82) is 0 Å². The Kier molecular flexibility index (Phi) is 3.32. The number of para-hydroxylation sites is 1. The fourth-order valence-corrected chi connectivity index (χ4v) is 3.78. The molecule has 0 saturated carbocycles. The van der Waals surface area contributed by atoms with Crippen LogP contribution in [0.15, 0.2) is 69.2 Å². The van der Waals surface area contributed by atoms with E-state index in [0.29, 0.717) is 16.5 Å². The lowest BCUT2D eigenvalue weighted by atomic mass is 10.1. The van der Waals surface area contributed by atoms with Gasteiger partial charge in [0.2, 0.25) is 0 Å². The van der Waals surface area contributed by atoms with Gasteiger partial charge >= 0.3 is 5.63 Å². The molecule has 0 bridgehead atoms. The van der Waals surface area contributed by atoms with E-state index < -0.39 is 0 Å². The van der Waals surface area contributed by atoms with E-state index in [-0.39, 0.29) is 17.8 Å². The van der Waals surface area contributed by atoms with Crippen LogP contribution in [0.3, 0.4) is 0 Å². The van der Waals surface area contributed by atoms with Crippen molar-refractivity contribution in [3.63, 3.8) is 0 Å². The van der Waals surface area contributed by atoms with Crippen LogP contribution in [0.1, 0.15) is 15.2 Å². The highest BCUT2D eigenvalue weighted by Gasteiger charge is 2.16. The monoisotopic (exact) mass is 320 g/mol. The summed E-state index contributed by atoms with van der Waals surface area (Å²) >= 11 is 1.43. The first-order valence-corrected chi connectivity index (χ1v) is 8.12. The maximum atomic E-state index is 12.4. The number of rotatable bonds is 3. The predicted molar refractivity (Wildman–Crippen MR) is 92.3 cm³/mol. The Hall–Kier alpha value is -2.72. The Morgan fingerprint density at radius 1 is 0.957 bits per heavy atom. The summed E-state index contributed by atoms with van der Waals surface area (Å²) in [6.07, 6.45) is 0.210. The van der Waals surface area contributed by atoms with Gasteiger partial charge in [-0.2, -0.15) is 0 Å². The highest BCUT2D eigenvalue weighted by molar-refractivity contribution is 7.11. The summed E-state index contributed by atoms with van der Waals surface area (Å²) in [4.78, 5) is 25.5. The van der Waals surface area contributed by atoms with Gasteiger partial charge in [0.15, 0.2) is 5.78 Å². The summed E-state index contributed by atoms with van der Waals surface area (Å²) in [5.74, 6) is 0.00177. The molecule has 4 heteroatoms. The van der Waals surface area contributed by atoms with Gasteiger partial charge in [-0.1, -0.05) is 48.5 Å². The zero-order valence-electron chi connectivity index (χ0n) is 12.1. The molecule has 2 heterocycles. The minimum Gasteiger partial charge on any atom is -0.422 e. The van der Waals surface area contributed by atoms with Crippen LogP contribution in [0, 0.1) is 0 Å². The smallest absolute Gasteiger partial charge is 0.345 e. The van der Waals surface area contributed by atoms with Gasteiger partial charge in [0.25, 0.3) is 0 Å². The van der Waals surface area contributed by atoms with Crippen molar-refractivity contribution in [3.8, 4) is 0 Å². The summed E-state index contributed by atoms with van der Waals surface area (Å²) in [6.45, 7) is 0. The molecule has 112 valence electrons. The third kappa shape index (κ3) is 2.37. The van der Waals surface area contributed by atoms with Gasteiger partial charge in [0, 0.05) is 27.6 Å². The van der Waals surface area contributed by atoms with Gasteiger partial charge in [-0.05, 0) is 11.4 Å². The van der Waals surface area contributed by atoms with E-state index in [1.807, 2.05) is 41.8 Å². The zero-order valence-corrected chi connectivity index (χ0v) is 12.9. The SMILES string of the molecule is O=C(Cc1scc2c1c(=O)oc1ccccc12)c1ccccc1. The van der Waals surface area contributed by atoms with E-state index in [0.717, 1.165) is 15.6 Å². The lowest BCUT2D eigenvalue weighted by Gasteiger charge is -2.01. The fourth-order valence-electron chi connectivity index (χ4n) is 2.75. The Morgan fingerprint density at radius 2 is 1.70 bits per heavy atom. The van der Waals surface area contributed by atoms with Crippen molar-refractivity contribution in [3.05, 3.63) is 80.8 Å². The number of Topliss-reactive ketones (excluding diaryl/α,β-unsaturated/α-hetero) is 1. The van der Waals surface area contributed by atoms with Gasteiger partial charge in [-0.25, -0.2) is 4.79 Å². The molecule has 4 rings (SSSR count). The molecule has 2 aromatic carbocycles. The average molecular weight is 320 g/mol. The fraction of sp³-hybridized carbons (Fsp3) is 0.0526. The lowest BCUT2D eigenvalue weighted by Crippen LogP contribution is -2.06. The van der Waals surface area contributed by atoms with Crippen LogP contribution in [0.25, 0.3) is 21.7 Å². The summed E-state index contributed by atoms with van der Waals surface area (Å²) in [5, 5.41) is 4.22. The van der Waals surface area contributed by atoms with Crippen molar-refractivity contribution in [2.75, 3.05) is 0 Å². The summed E-state index contributed by atoms with van der Waals surface area (Å²) in [6, 6.07) is 16.6. The number of fused-ring (bicyclic) bond motifs is 3. The van der Waals surface area contributed by atoms with E-state index in [9.17, 15) is 9.59 Å². The van der Waals surface area contributed by atoms with Crippen LogP contribution >= 0.6 is 11.3 Å². The van der Waals surface area contributed by atoms with Crippen molar-refractivity contribution in [2.45, 2.75) is 6.42 Å². The topological polar surface area (TPSA) is 47.3 Å². The molecular weight excluding hydrogens is 308 g/mol. The average Bonchev–Trinajstić information content (AvgIpc) is 3.00. The van der Waals surface area contributed by atoms with E-state index >= 15 is 0 Å². The molecule has 0 spiro atoms. The standard InChI is InChI=1S/C19H12O3S/c20-15(12-6-2-1-3-7-12)10-17-18-14(11-23-17)13-8-4-5-9-16(13)22-19(18)21/h1-9,11H,10H2. The van der Waals surface area contributed by atoms with Crippen LogP contribution in [-0.2, 0) is 6.42 Å². The molecule has 0 atom stereocenters. The number of hydrogen-bond acceptors (Lipinski definition) is 4. The second kappa shape index (κ2) is 5.48. The van der Waals surface area contributed by atoms with E-state index in [4.69, 9.17) is 4.42 Å². The molecule has 0 amide bonds. The minimum atomic E-state index is -0.379. The second-order valence-corrected chi connectivity index (χ2v) is 6.26. The van der Waals surface area contributed by atoms with Gasteiger partial charge in [0.05, 0.1) is 5.39 Å². The Balaban J connectivity index is 1.84. The number of hydrogen-bond donors (Lipinski definition) is 0. The van der Waals surface area contributed by atoms with Crippen molar-refractivity contribution < 1.29 is 9.21 Å². The van der Waals surface area contributed by atoms with Crippen molar-refractivity contribution >= 4 is 38.9 Å². The minimum absolute atomic E-state index is 0.00177. The first-order chi connectivity index (χ1) is 11.2. The van der Waals surface area contributed by atoms with Gasteiger partial charge < -0.3 is 4.42 Å². The largest absolute Gasteiger partial charge is 0.422 e. The molecule has 0 aliphatic rings. The third-order valence-electron chi connectivity index (χ3n) is 3.87. The predicted octanol–water partition coefficient (Wildman–Crippen LogP) is 4.43. The molecule has 0 saturated heterocycles. The molecular formula is C19H12O3S. The highest BCUT2D eigenvalue weighted by Crippen LogP contribution is 2.30. The zero-order chi connectivity index (χ0) is 15.8. The first-order valence-electron chi connectivity index (χ1n) is 7.24. The molecule has 2 aromatic heterocycles. The highest BCUT2D eigenvalue weighted by atomic mass is 32.1. The van der Waals surface area contributed by atoms with Crippen molar-refractivity contribution in [2.24, 2.45) is 0 Å². The maximum absolute atomic E-state index is 12.4. The number of thiophene rings is 1. The Bertz CT molecular complexity index is 1070. The number of ketones is 1. The molecule has 4 aromatic rings. The Labute approximate surface area is 135 Å². The Morgan fingerprint density at radius 3 is 2.52 bits per heavy atom. The van der Waals surface area contributed by atoms with Crippen LogP contribution in [0.5, 0.6) is 0 Å². The second-order valence-electron chi connectivity index (χ2n) is 5.30.